The maximum atomic E-state index is 11.8. The Morgan fingerprint density at radius 1 is 1.03 bits per heavy atom. The molecule has 1 aromatic rings. The molecular weight excluding hydrogens is 474 g/mol. The fourth-order valence-corrected chi connectivity index (χ4v) is 4.19. The average Bonchev–Trinajstić information content (AvgIpc) is 2.86. The minimum atomic E-state index is -0.933. The smallest absolute Gasteiger partial charge is 0.317 e. The number of aliphatic hydroxyl groups excluding tert-OH is 1. The molecule has 1 aromatic carbocycles. The third kappa shape index (κ3) is 11.6. The molecule has 5 N–H and O–H groups in total. The maximum Gasteiger partial charge on any atom is 0.317 e. The molecular formula is C23H39N5O8. The zero-order valence-corrected chi connectivity index (χ0v) is 20.6. The Balaban J connectivity index is 2.31. The molecule has 0 aliphatic carbocycles. The summed E-state index contributed by atoms with van der Waals surface area (Å²) in [5.74, 6) is -0.933. The zero-order valence-electron chi connectivity index (χ0n) is 20.6. The van der Waals surface area contributed by atoms with E-state index in [1.165, 1.54) is 0 Å². The second-order valence-corrected chi connectivity index (χ2v) is 8.69. The highest BCUT2D eigenvalue weighted by Gasteiger charge is 2.26. The lowest BCUT2D eigenvalue weighted by Gasteiger charge is -2.38. The van der Waals surface area contributed by atoms with E-state index in [0.29, 0.717) is 70.9 Å². The Kier molecular flexibility index (Phi) is 14.2. The molecule has 1 fully saturated rings. The summed E-state index contributed by atoms with van der Waals surface area (Å²) in [6, 6.07) is 7.28. The minimum absolute atomic E-state index is 0.0668. The van der Waals surface area contributed by atoms with Crippen molar-refractivity contribution < 1.29 is 39.4 Å². The van der Waals surface area contributed by atoms with Gasteiger partial charge < -0.3 is 25.4 Å². The Labute approximate surface area is 211 Å². The van der Waals surface area contributed by atoms with Crippen LogP contribution in [-0.4, -0.2) is 139 Å². The van der Waals surface area contributed by atoms with Crippen molar-refractivity contribution in [1.29, 1.82) is 0 Å². The standard InChI is InChI=1S/C23H39N5O8/c24-21-3-1-20(2-4-21)13-22-14-27(17-35-19-30)8-7-26(16-34-18-29)6-5-25(11-12-36-33)9-10-28(22)15-23(31)32/h1-4,19,22,29,33H,5-18,24H2,(H,31,32). The molecule has 36 heavy (non-hydrogen) atoms. The van der Waals surface area contributed by atoms with Gasteiger partial charge in [-0.05, 0) is 24.1 Å². The number of carboxylic acids is 1. The van der Waals surface area contributed by atoms with E-state index in [0.717, 1.165) is 5.56 Å². The van der Waals surface area contributed by atoms with Crippen molar-refractivity contribution in [3.05, 3.63) is 29.8 Å². The van der Waals surface area contributed by atoms with Gasteiger partial charge in [-0.25, -0.2) is 4.89 Å². The molecule has 0 bridgehead atoms. The lowest BCUT2D eigenvalue weighted by molar-refractivity contribution is -0.244. The van der Waals surface area contributed by atoms with E-state index in [1.807, 2.05) is 39.0 Å². The molecule has 0 aromatic heterocycles. The van der Waals surface area contributed by atoms with Gasteiger partial charge in [-0.3, -0.25) is 34.4 Å². The number of hydrogen-bond acceptors (Lipinski definition) is 12. The van der Waals surface area contributed by atoms with Gasteiger partial charge in [-0.1, -0.05) is 12.1 Å². The Hall–Kier alpha value is -2.36. The van der Waals surface area contributed by atoms with E-state index in [-0.39, 0.29) is 32.7 Å². The minimum Gasteiger partial charge on any atom is -0.480 e. The number of aliphatic carboxylic acids is 1. The summed E-state index contributed by atoms with van der Waals surface area (Å²) >= 11 is 0. The lowest BCUT2D eigenvalue weighted by atomic mass is 10.0. The van der Waals surface area contributed by atoms with Crippen molar-refractivity contribution in [2.45, 2.75) is 12.5 Å². The number of nitrogen functional groups attached to an aromatic ring is 1. The van der Waals surface area contributed by atoms with Gasteiger partial charge >= 0.3 is 5.97 Å². The van der Waals surface area contributed by atoms with Gasteiger partial charge in [0.2, 0.25) is 0 Å². The average molecular weight is 514 g/mol. The Bertz CT molecular complexity index is 757. The maximum absolute atomic E-state index is 11.8. The molecule has 204 valence electrons. The topological polar surface area (TPSA) is 162 Å². The van der Waals surface area contributed by atoms with Crippen LogP contribution in [0.25, 0.3) is 0 Å². The molecule has 1 aliphatic heterocycles. The Morgan fingerprint density at radius 2 is 1.69 bits per heavy atom. The number of aliphatic hydroxyl groups is 1. The molecule has 0 spiro atoms. The van der Waals surface area contributed by atoms with Crippen LogP contribution in [0.3, 0.4) is 0 Å². The molecule has 0 radical (unpaired) electrons. The summed E-state index contributed by atoms with van der Waals surface area (Å²) in [4.78, 5) is 35.0. The number of anilines is 1. The molecule has 1 unspecified atom stereocenters. The Morgan fingerprint density at radius 3 is 2.33 bits per heavy atom. The largest absolute Gasteiger partial charge is 0.480 e. The third-order valence-corrected chi connectivity index (χ3v) is 6.13. The monoisotopic (exact) mass is 513 g/mol. The SMILES string of the molecule is Nc1ccc(CC2CN(COC=O)CCN(COCO)CCN(CCOO)CCN2CC(=O)O)cc1. The molecule has 1 aliphatic rings. The lowest BCUT2D eigenvalue weighted by Crippen LogP contribution is -2.52. The molecule has 1 atom stereocenters. The zero-order chi connectivity index (χ0) is 26.2. The van der Waals surface area contributed by atoms with Gasteiger partial charge in [0.25, 0.3) is 6.47 Å². The summed E-state index contributed by atoms with van der Waals surface area (Å²) in [7, 11) is 0. The molecule has 13 heteroatoms. The van der Waals surface area contributed by atoms with Crippen LogP contribution < -0.4 is 5.73 Å². The highest BCUT2D eigenvalue weighted by molar-refractivity contribution is 5.69. The number of carbonyl (C=O) groups is 2. The number of hydrogen-bond donors (Lipinski definition) is 4. The number of carbonyl (C=O) groups excluding carboxylic acids is 1. The number of rotatable bonds is 13. The van der Waals surface area contributed by atoms with Gasteiger partial charge in [0.1, 0.15) is 20.3 Å². The van der Waals surface area contributed by atoms with E-state index >= 15 is 0 Å². The van der Waals surface area contributed by atoms with Crippen LogP contribution in [0.1, 0.15) is 5.56 Å². The first-order valence-electron chi connectivity index (χ1n) is 11.9. The van der Waals surface area contributed by atoms with Crippen molar-refractivity contribution in [3.8, 4) is 0 Å². The van der Waals surface area contributed by atoms with E-state index < -0.39 is 12.8 Å². The summed E-state index contributed by atoms with van der Waals surface area (Å²) in [6.45, 7) is 4.53. The summed E-state index contributed by atoms with van der Waals surface area (Å²) in [5.41, 5.74) is 7.50. The predicted molar refractivity (Wildman–Crippen MR) is 131 cm³/mol. The highest BCUT2D eigenvalue weighted by Crippen LogP contribution is 2.14. The van der Waals surface area contributed by atoms with E-state index in [2.05, 4.69) is 9.79 Å². The first-order valence-corrected chi connectivity index (χ1v) is 11.9. The quantitative estimate of drug-likeness (QED) is 0.0839. The van der Waals surface area contributed by atoms with Crippen molar-refractivity contribution in [2.75, 3.05) is 91.5 Å². The molecule has 0 amide bonds. The number of ether oxygens (including phenoxy) is 2. The van der Waals surface area contributed by atoms with Crippen LogP contribution in [0.5, 0.6) is 0 Å². The fourth-order valence-electron chi connectivity index (χ4n) is 4.19. The van der Waals surface area contributed by atoms with Gasteiger partial charge in [-0.15, -0.1) is 0 Å². The third-order valence-electron chi connectivity index (χ3n) is 6.13. The van der Waals surface area contributed by atoms with Crippen LogP contribution in [0, 0.1) is 0 Å². The number of nitrogens with zero attached hydrogens (tertiary/aromatic N) is 4. The van der Waals surface area contributed by atoms with E-state index in [9.17, 15) is 14.7 Å². The van der Waals surface area contributed by atoms with Crippen molar-refractivity contribution in [2.24, 2.45) is 0 Å². The molecule has 1 heterocycles. The van der Waals surface area contributed by atoms with Crippen molar-refractivity contribution in [1.82, 2.24) is 19.6 Å². The molecule has 2 rings (SSSR count). The summed E-state index contributed by atoms with van der Waals surface area (Å²) in [6.07, 6.45) is 0.572. The van der Waals surface area contributed by atoms with Crippen LogP contribution >= 0.6 is 0 Å². The van der Waals surface area contributed by atoms with Crippen molar-refractivity contribution >= 4 is 18.1 Å². The van der Waals surface area contributed by atoms with Gasteiger partial charge in [0.15, 0.2) is 0 Å². The second-order valence-electron chi connectivity index (χ2n) is 8.69. The molecule has 1 saturated heterocycles. The number of nitrogens with two attached hydrogens (primary N) is 1. The second kappa shape index (κ2) is 17.2. The molecule has 13 nitrogen and oxygen atoms in total. The first kappa shape index (κ1) is 29.9. The van der Waals surface area contributed by atoms with Gasteiger partial charge in [0, 0.05) is 64.1 Å². The van der Waals surface area contributed by atoms with E-state index in [4.69, 9.17) is 25.6 Å². The number of benzene rings is 1. The van der Waals surface area contributed by atoms with Crippen LogP contribution in [0.4, 0.5) is 5.69 Å². The van der Waals surface area contributed by atoms with Crippen LogP contribution in [-0.2, 0) is 30.4 Å². The molecule has 0 saturated carbocycles. The van der Waals surface area contributed by atoms with E-state index in [1.54, 1.807) is 0 Å². The van der Waals surface area contributed by atoms with Gasteiger partial charge in [0.05, 0.1) is 13.2 Å². The predicted octanol–water partition coefficient (Wildman–Crippen LogP) is -0.970. The fraction of sp³-hybridized carbons (Fsp3) is 0.652. The van der Waals surface area contributed by atoms with Crippen LogP contribution in [0.15, 0.2) is 24.3 Å². The van der Waals surface area contributed by atoms with Crippen molar-refractivity contribution in [3.63, 3.8) is 0 Å². The normalized spacial score (nSPS) is 19.9. The summed E-state index contributed by atoms with van der Waals surface area (Å²) < 4.78 is 10.3. The summed E-state index contributed by atoms with van der Waals surface area (Å²) in [5, 5.41) is 27.6. The number of carboxylic acid groups (broad SMARTS) is 1. The first-order chi connectivity index (χ1) is 17.4. The van der Waals surface area contributed by atoms with Gasteiger partial charge in [-0.2, -0.15) is 0 Å². The van der Waals surface area contributed by atoms with Crippen LogP contribution in [0.2, 0.25) is 0 Å². The highest BCUT2D eigenvalue weighted by atomic mass is 17.1.